The van der Waals surface area contributed by atoms with Crippen LogP contribution >= 0.6 is 0 Å². The third-order valence-electron chi connectivity index (χ3n) is 5.02. The maximum Gasteiger partial charge on any atom is 0.244 e. The standard InChI is InChI=1S/C25H22FN3O3/c26-20-5-1-6-22(16-20)32-25-19(4-2-14-27-25)17-28-23(30)13-10-18-8-11-21(12-9-18)29-15-3-7-24(29)31/h1-2,4-6,8-14,16H,3,7,15,17H2,(H,28,30)/b13-10+. The number of nitrogens with one attached hydrogen (secondary N) is 1. The number of nitrogens with zero attached hydrogens (tertiary/aromatic N) is 2. The number of anilines is 1. The van der Waals surface area contributed by atoms with E-state index in [0.29, 0.717) is 23.6 Å². The Morgan fingerprint density at radius 1 is 1.16 bits per heavy atom. The van der Waals surface area contributed by atoms with Crippen LogP contribution in [0.2, 0.25) is 0 Å². The molecule has 0 bridgehead atoms. The number of pyridine rings is 1. The second-order valence-electron chi connectivity index (χ2n) is 7.32. The lowest BCUT2D eigenvalue weighted by Crippen LogP contribution is -2.23. The molecule has 0 radical (unpaired) electrons. The van der Waals surface area contributed by atoms with Crippen LogP contribution in [-0.4, -0.2) is 23.3 Å². The van der Waals surface area contributed by atoms with E-state index in [1.54, 1.807) is 41.4 Å². The number of aromatic nitrogens is 1. The van der Waals surface area contributed by atoms with E-state index < -0.39 is 5.82 Å². The fourth-order valence-corrected chi connectivity index (χ4v) is 3.39. The second kappa shape index (κ2) is 9.87. The van der Waals surface area contributed by atoms with Gasteiger partial charge in [-0.15, -0.1) is 0 Å². The summed E-state index contributed by atoms with van der Waals surface area (Å²) in [6, 6.07) is 16.8. The summed E-state index contributed by atoms with van der Waals surface area (Å²) < 4.78 is 19.0. The fourth-order valence-electron chi connectivity index (χ4n) is 3.39. The third-order valence-corrected chi connectivity index (χ3v) is 5.02. The maximum atomic E-state index is 13.4. The molecule has 1 fully saturated rings. The van der Waals surface area contributed by atoms with Gasteiger partial charge in [-0.3, -0.25) is 9.59 Å². The monoisotopic (exact) mass is 431 g/mol. The van der Waals surface area contributed by atoms with E-state index in [1.165, 1.54) is 18.2 Å². The van der Waals surface area contributed by atoms with Crippen molar-refractivity contribution in [1.29, 1.82) is 0 Å². The number of carbonyl (C=O) groups excluding carboxylic acids is 2. The summed E-state index contributed by atoms with van der Waals surface area (Å²) in [5.74, 6) is 0.0938. The van der Waals surface area contributed by atoms with Crippen LogP contribution in [0.15, 0.2) is 72.9 Å². The van der Waals surface area contributed by atoms with Gasteiger partial charge in [-0.1, -0.05) is 24.3 Å². The molecule has 3 aromatic rings. The summed E-state index contributed by atoms with van der Waals surface area (Å²) in [5.41, 5.74) is 2.39. The molecular formula is C25H22FN3O3. The molecule has 0 atom stereocenters. The van der Waals surface area contributed by atoms with Crippen LogP contribution in [0.3, 0.4) is 0 Å². The van der Waals surface area contributed by atoms with E-state index in [1.807, 2.05) is 24.3 Å². The normalized spacial score (nSPS) is 13.5. The highest BCUT2D eigenvalue weighted by Gasteiger charge is 2.21. The molecule has 7 heteroatoms. The number of hydrogen-bond acceptors (Lipinski definition) is 4. The predicted octanol–water partition coefficient (Wildman–Crippen LogP) is 4.47. The SMILES string of the molecule is O=C(/C=C/c1ccc(N2CCCC2=O)cc1)NCc1cccnc1Oc1cccc(F)c1. The van der Waals surface area contributed by atoms with E-state index in [4.69, 9.17) is 4.74 Å². The van der Waals surface area contributed by atoms with Crippen molar-refractivity contribution in [2.24, 2.45) is 0 Å². The Bertz CT molecular complexity index is 1150. The van der Waals surface area contributed by atoms with Gasteiger partial charge < -0.3 is 15.0 Å². The summed E-state index contributed by atoms with van der Waals surface area (Å²) in [7, 11) is 0. The Balaban J connectivity index is 1.34. The number of amides is 2. The minimum absolute atomic E-state index is 0.142. The van der Waals surface area contributed by atoms with Crippen LogP contribution < -0.4 is 15.0 Å². The van der Waals surface area contributed by atoms with Crippen LogP contribution in [-0.2, 0) is 16.1 Å². The van der Waals surface area contributed by atoms with Gasteiger partial charge in [0, 0.05) is 49.1 Å². The number of hydrogen-bond donors (Lipinski definition) is 1. The van der Waals surface area contributed by atoms with E-state index in [0.717, 1.165) is 24.2 Å². The van der Waals surface area contributed by atoms with Gasteiger partial charge in [0.25, 0.3) is 0 Å². The number of rotatable bonds is 7. The van der Waals surface area contributed by atoms with Crippen LogP contribution in [0.25, 0.3) is 6.08 Å². The largest absolute Gasteiger partial charge is 0.439 e. The molecule has 0 unspecified atom stereocenters. The van der Waals surface area contributed by atoms with Gasteiger partial charge >= 0.3 is 0 Å². The minimum atomic E-state index is -0.404. The smallest absolute Gasteiger partial charge is 0.244 e. The Morgan fingerprint density at radius 2 is 2.00 bits per heavy atom. The molecule has 1 aromatic heterocycles. The zero-order valence-corrected chi connectivity index (χ0v) is 17.3. The molecule has 2 amide bonds. The van der Waals surface area contributed by atoms with Gasteiger partial charge in [0.15, 0.2) is 0 Å². The van der Waals surface area contributed by atoms with Crippen molar-refractivity contribution in [3.05, 3.63) is 89.9 Å². The molecular weight excluding hydrogens is 409 g/mol. The average Bonchev–Trinajstić information content (AvgIpc) is 3.23. The van der Waals surface area contributed by atoms with Crippen molar-refractivity contribution in [3.63, 3.8) is 0 Å². The first-order valence-electron chi connectivity index (χ1n) is 10.3. The quantitative estimate of drug-likeness (QED) is 0.561. The Labute approximate surface area is 185 Å². The molecule has 32 heavy (non-hydrogen) atoms. The molecule has 1 saturated heterocycles. The van der Waals surface area contributed by atoms with E-state index in [-0.39, 0.29) is 18.4 Å². The lowest BCUT2D eigenvalue weighted by Gasteiger charge is -2.15. The molecule has 0 saturated carbocycles. The molecule has 0 aliphatic carbocycles. The highest BCUT2D eigenvalue weighted by Crippen LogP contribution is 2.24. The molecule has 0 spiro atoms. The second-order valence-corrected chi connectivity index (χ2v) is 7.32. The van der Waals surface area contributed by atoms with Crippen molar-refractivity contribution in [2.75, 3.05) is 11.4 Å². The first-order chi connectivity index (χ1) is 15.6. The predicted molar refractivity (Wildman–Crippen MR) is 120 cm³/mol. The number of ether oxygens (including phenoxy) is 1. The molecule has 1 N–H and O–H groups in total. The summed E-state index contributed by atoms with van der Waals surface area (Å²) in [5, 5.41) is 2.80. The summed E-state index contributed by atoms with van der Waals surface area (Å²) in [4.78, 5) is 30.1. The van der Waals surface area contributed by atoms with Crippen molar-refractivity contribution in [1.82, 2.24) is 10.3 Å². The topological polar surface area (TPSA) is 71.5 Å². The summed E-state index contributed by atoms with van der Waals surface area (Å²) in [6.45, 7) is 0.952. The van der Waals surface area contributed by atoms with E-state index in [2.05, 4.69) is 10.3 Å². The molecule has 1 aliphatic heterocycles. The highest BCUT2D eigenvalue weighted by molar-refractivity contribution is 5.95. The zero-order valence-electron chi connectivity index (χ0n) is 17.3. The van der Waals surface area contributed by atoms with Crippen molar-refractivity contribution in [3.8, 4) is 11.6 Å². The van der Waals surface area contributed by atoms with Crippen molar-refractivity contribution in [2.45, 2.75) is 19.4 Å². The van der Waals surface area contributed by atoms with Gasteiger partial charge in [-0.2, -0.15) is 0 Å². The van der Waals surface area contributed by atoms with Crippen LogP contribution in [0, 0.1) is 5.82 Å². The summed E-state index contributed by atoms with van der Waals surface area (Å²) >= 11 is 0. The summed E-state index contributed by atoms with van der Waals surface area (Å²) in [6.07, 6.45) is 6.19. The molecule has 4 rings (SSSR count). The number of halogens is 1. The van der Waals surface area contributed by atoms with Crippen molar-refractivity contribution < 1.29 is 18.7 Å². The van der Waals surface area contributed by atoms with E-state index >= 15 is 0 Å². The van der Waals surface area contributed by atoms with Gasteiger partial charge in [0.2, 0.25) is 17.7 Å². The van der Waals surface area contributed by atoms with E-state index in [9.17, 15) is 14.0 Å². The minimum Gasteiger partial charge on any atom is -0.439 e. The van der Waals surface area contributed by atoms with Gasteiger partial charge in [0.1, 0.15) is 11.6 Å². The third kappa shape index (κ3) is 5.37. The maximum absolute atomic E-state index is 13.4. The van der Waals surface area contributed by atoms with Crippen LogP contribution in [0.5, 0.6) is 11.6 Å². The molecule has 2 aromatic carbocycles. The first kappa shape index (κ1) is 21.2. The molecule has 6 nitrogen and oxygen atoms in total. The van der Waals surface area contributed by atoms with Crippen LogP contribution in [0.4, 0.5) is 10.1 Å². The number of carbonyl (C=O) groups is 2. The van der Waals surface area contributed by atoms with Gasteiger partial charge in [-0.25, -0.2) is 9.37 Å². The zero-order chi connectivity index (χ0) is 22.3. The number of benzene rings is 2. The Hall–Kier alpha value is -4.00. The Kier molecular flexibility index (Phi) is 6.55. The molecule has 162 valence electrons. The first-order valence-corrected chi connectivity index (χ1v) is 10.3. The molecule has 1 aliphatic rings. The van der Waals surface area contributed by atoms with Gasteiger partial charge in [0.05, 0.1) is 0 Å². The fraction of sp³-hybridized carbons (Fsp3) is 0.160. The van der Waals surface area contributed by atoms with Gasteiger partial charge in [-0.05, 0) is 48.4 Å². The van der Waals surface area contributed by atoms with Crippen LogP contribution in [0.1, 0.15) is 24.0 Å². The molecule has 2 heterocycles. The lowest BCUT2D eigenvalue weighted by molar-refractivity contribution is -0.117. The average molecular weight is 431 g/mol. The van der Waals surface area contributed by atoms with Crippen molar-refractivity contribution >= 4 is 23.6 Å². The highest BCUT2D eigenvalue weighted by atomic mass is 19.1. The lowest BCUT2D eigenvalue weighted by atomic mass is 10.2. The Morgan fingerprint density at radius 3 is 2.75 bits per heavy atom.